The molecule has 4 aliphatic heterocycles. The van der Waals surface area contributed by atoms with Crippen molar-refractivity contribution in [1.29, 1.82) is 0 Å². The van der Waals surface area contributed by atoms with E-state index in [2.05, 4.69) is 4.98 Å². The van der Waals surface area contributed by atoms with Gasteiger partial charge in [0.15, 0.2) is 12.2 Å². The molecule has 2 amide bonds. The second-order valence-electron chi connectivity index (χ2n) is 15.2. The summed E-state index contributed by atoms with van der Waals surface area (Å²) in [4.78, 5) is 58.9. The average Bonchev–Trinajstić information content (AvgIpc) is 3.91. The van der Waals surface area contributed by atoms with Crippen molar-refractivity contribution in [3.63, 3.8) is 0 Å². The average molecular weight is 835 g/mol. The van der Waals surface area contributed by atoms with Crippen LogP contribution in [0.5, 0.6) is 0 Å². The van der Waals surface area contributed by atoms with Gasteiger partial charge in [-0.05, 0) is 36.1 Å². The minimum atomic E-state index is -0.666. The van der Waals surface area contributed by atoms with Crippen molar-refractivity contribution in [3.8, 4) is 0 Å². The van der Waals surface area contributed by atoms with Crippen molar-refractivity contribution in [3.05, 3.63) is 162 Å². The molecule has 0 bridgehead atoms. The van der Waals surface area contributed by atoms with Crippen molar-refractivity contribution in [2.45, 2.75) is 77.8 Å². The van der Waals surface area contributed by atoms with Gasteiger partial charge in [0.2, 0.25) is 11.8 Å². The van der Waals surface area contributed by atoms with Crippen molar-refractivity contribution in [2.75, 3.05) is 5.88 Å². The van der Waals surface area contributed by atoms with Gasteiger partial charge in [0.1, 0.15) is 12.1 Å². The van der Waals surface area contributed by atoms with Crippen LogP contribution in [0.1, 0.15) is 61.2 Å². The summed E-state index contributed by atoms with van der Waals surface area (Å²) in [6.45, 7) is 4.54. The first-order chi connectivity index (χ1) is 28.1. The number of thioether (sulfide) groups is 2. The first kappa shape index (κ1) is 39.8. The van der Waals surface area contributed by atoms with E-state index < -0.39 is 39.8 Å². The van der Waals surface area contributed by atoms with Crippen LogP contribution >= 0.6 is 35.1 Å². The molecule has 6 atom stereocenters. The lowest BCUT2D eigenvalue weighted by atomic mass is 9.95. The van der Waals surface area contributed by atoms with E-state index in [0.717, 1.165) is 22.3 Å². The topological polar surface area (TPSA) is 111 Å². The number of hydrogen-bond donors (Lipinski definition) is 0. The Bertz CT molecular complexity index is 2160. The number of ether oxygens (including phenoxy) is 2. The van der Waals surface area contributed by atoms with Crippen LogP contribution in [0.2, 0.25) is 0 Å². The third kappa shape index (κ3) is 7.77. The molecule has 0 saturated carbocycles. The highest BCUT2D eigenvalue weighted by molar-refractivity contribution is 8.02. The van der Waals surface area contributed by atoms with Gasteiger partial charge in [-0.1, -0.05) is 121 Å². The summed E-state index contributed by atoms with van der Waals surface area (Å²) in [7, 11) is 0. The minimum Gasteiger partial charge on any atom is -0.451 e. The summed E-state index contributed by atoms with van der Waals surface area (Å²) in [6, 6.07) is 37.4. The highest BCUT2D eigenvalue weighted by atomic mass is 35.5. The number of amides is 2. The zero-order valence-electron chi connectivity index (χ0n) is 32.0. The SMILES string of the molecule is C[C@@]1(CCl)SC2CC(=O)N2C1C(=O)OC(c1ccccc1)c1ccccc1.C[C@@]1(Cn2ccnc2)SC2CC(=O)N2C1C(=O)OC(c1ccccc1)c1ccccc1. The zero-order valence-corrected chi connectivity index (χ0v) is 34.4. The number of β-lactam (4-membered cyclic amide) rings is 2. The maximum atomic E-state index is 13.6. The molecule has 58 heavy (non-hydrogen) atoms. The summed E-state index contributed by atoms with van der Waals surface area (Å²) in [5, 5.41) is 0.0381. The van der Waals surface area contributed by atoms with Gasteiger partial charge in [-0.3, -0.25) is 9.59 Å². The van der Waals surface area contributed by atoms with Crippen LogP contribution < -0.4 is 0 Å². The van der Waals surface area contributed by atoms with Crippen LogP contribution in [0.4, 0.5) is 0 Å². The second-order valence-corrected chi connectivity index (χ2v) is 18.9. The molecule has 9 rings (SSSR count). The third-order valence-corrected chi connectivity index (χ3v) is 14.9. The van der Waals surface area contributed by atoms with Crippen LogP contribution in [-0.2, 0) is 35.2 Å². The van der Waals surface area contributed by atoms with Crippen molar-refractivity contribution in [2.24, 2.45) is 0 Å². The predicted octanol–water partition coefficient (Wildman–Crippen LogP) is 7.64. The molecule has 5 heterocycles. The quantitative estimate of drug-likeness (QED) is 0.0754. The second kappa shape index (κ2) is 16.7. The molecule has 4 aromatic carbocycles. The fraction of sp³-hybridized carbons (Fsp3) is 0.311. The molecule has 4 unspecified atom stereocenters. The Morgan fingerprint density at radius 2 is 1.05 bits per heavy atom. The van der Waals surface area contributed by atoms with E-state index in [1.807, 2.05) is 146 Å². The van der Waals surface area contributed by atoms with E-state index in [4.69, 9.17) is 21.1 Å². The number of aromatic nitrogens is 2. The van der Waals surface area contributed by atoms with E-state index in [9.17, 15) is 19.2 Å². The van der Waals surface area contributed by atoms with Crippen molar-refractivity contribution >= 4 is 58.9 Å². The van der Waals surface area contributed by atoms with E-state index >= 15 is 0 Å². The molecular formula is C45H43ClN4O6S2. The Labute approximate surface area is 351 Å². The van der Waals surface area contributed by atoms with Crippen LogP contribution in [0.3, 0.4) is 0 Å². The number of fused-ring (bicyclic) bond motifs is 2. The normalized spacial score (nSPS) is 25.6. The Morgan fingerprint density at radius 1 is 0.672 bits per heavy atom. The van der Waals surface area contributed by atoms with Gasteiger partial charge >= 0.3 is 11.9 Å². The minimum absolute atomic E-state index is 0.00442. The number of nitrogens with zero attached hydrogens (tertiary/aromatic N) is 4. The fourth-order valence-corrected chi connectivity index (χ4v) is 11.9. The molecule has 4 fully saturated rings. The van der Waals surface area contributed by atoms with Crippen molar-refractivity contribution < 1.29 is 28.7 Å². The number of hydrogen-bond acceptors (Lipinski definition) is 9. The summed E-state index contributed by atoms with van der Waals surface area (Å²) in [5.41, 5.74) is 3.58. The van der Waals surface area contributed by atoms with Gasteiger partial charge in [-0.25, -0.2) is 14.6 Å². The monoisotopic (exact) mass is 834 g/mol. The smallest absolute Gasteiger partial charge is 0.331 e. The Balaban J connectivity index is 0.000000164. The predicted molar refractivity (Wildman–Crippen MR) is 225 cm³/mol. The van der Waals surface area contributed by atoms with Gasteiger partial charge in [0.05, 0.1) is 39.4 Å². The van der Waals surface area contributed by atoms with Gasteiger partial charge in [0, 0.05) is 24.8 Å². The largest absolute Gasteiger partial charge is 0.451 e. The van der Waals surface area contributed by atoms with Crippen LogP contribution in [-0.4, -0.2) is 81.3 Å². The first-order valence-electron chi connectivity index (χ1n) is 19.2. The number of imidazole rings is 1. The summed E-state index contributed by atoms with van der Waals surface area (Å²) < 4.78 is 13.0. The van der Waals surface area contributed by atoms with E-state index in [0.29, 0.717) is 19.4 Å². The molecule has 4 aliphatic rings. The molecule has 0 aliphatic carbocycles. The van der Waals surface area contributed by atoms with Gasteiger partial charge in [0.25, 0.3) is 0 Å². The zero-order chi connectivity index (χ0) is 40.4. The molecule has 0 radical (unpaired) electrons. The number of rotatable bonds is 11. The number of esters is 2. The van der Waals surface area contributed by atoms with E-state index in [1.165, 1.54) is 0 Å². The molecule has 0 spiro atoms. The lowest BCUT2D eigenvalue weighted by Crippen LogP contribution is -2.58. The van der Waals surface area contributed by atoms with E-state index in [-0.39, 0.29) is 34.4 Å². The van der Waals surface area contributed by atoms with Crippen LogP contribution in [0.15, 0.2) is 140 Å². The first-order valence-corrected chi connectivity index (χ1v) is 21.5. The lowest BCUT2D eigenvalue weighted by molar-refractivity contribution is -0.164. The molecular weight excluding hydrogens is 792 g/mol. The Morgan fingerprint density at radius 3 is 1.40 bits per heavy atom. The number of halogens is 1. The highest BCUT2D eigenvalue weighted by Gasteiger charge is 2.62. The lowest BCUT2D eigenvalue weighted by Gasteiger charge is -2.38. The molecule has 10 nitrogen and oxygen atoms in total. The van der Waals surface area contributed by atoms with E-state index in [1.54, 1.807) is 45.8 Å². The van der Waals surface area contributed by atoms with Crippen LogP contribution in [0.25, 0.3) is 0 Å². The van der Waals surface area contributed by atoms with Crippen LogP contribution in [0, 0.1) is 0 Å². The molecule has 1 aromatic heterocycles. The molecule has 0 N–H and O–H groups in total. The highest BCUT2D eigenvalue weighted by Crippen LogP contribution is 2.53. The Hall–Kier alpha value is -5.04. The maximum absolute atomic E-state index is 13.6. The summed E-state index contributed by atoms with van der Waals surface area (Å²) in [5.74, 6) is -0.509. The summed E-state index contributed by atoms with van der Waals surface area (Å²) >= 11 is 9.47. The summed E-state index contributed by atoms with van der Waals surface area (Å²) in [6.07, 6.45) is 5.20. The van der Waals surface area contributed by atoms with Crippen molar-refractivity contribution in [1.82, 2.24) is 19.4 Å². The van der Waals surface area contributed by atoms with Gasteiger partial charge in [-0.15, -0.1) is 35.1 Å². The number of alkyl halides is 1. The maximum Gasteiger partial charge on any atom is 0.331 e. The third-order valence-electron chi connectivity index (χ3n) is 11.1. The fourth-order valence-electron chi connectivity index (χ4n) is 8.19. The molecule has 5 aromatic rings. The molecule has 298 valence electrons. The molecule has 13 heteroatoms. The number of benzene rings is 4. The number of carbonyl (C=O) groups excluding carboxylic acids is 4. The molecule has 4 saturated heterocycles. The van der Waals surface area contributed by atoms with Gasteiger partial charge < -0.3 is 23.8 Å². The standard InChI is InChI=1S/C24H23N3O3S.C21H20ClNO3S/c1-24(15-26-13-12-25-16-26)22(27-19(28)14-20(27)31-24)23(29)30-21(17-8-4-2-5-9-17)18-10-6-3-7-11-18;1-21(13-22)19(23-16(24)12-17(23)27-21)20(25)26-18(14-8-4-2-5-9-14)15-10-6-3-7-11-15/h2-13,16,20-22H,14-15H2,1H3;2-11,17-19H,12-13H2,1H3/t20?,22?,24-;17?,19?,21-/m00/s1. The number of carbonyl (C=O) groups is 4. The van der Waals surface area contributed by atoms with Gasteiger partial charge in [-0.2, -0.15) is 0 Å². The Kier molecular flexibility index (Phi) is 11.4.